The van der Waals surface area contributed by atoms with E-state index in [9.17, 15) is 9.36 Å². The summed E-state index contributed by atoms with van der Waals surface area (Å²) < 4.78 is 20.4. The number of phosphoric acid groups is 1. The molecule has 1 aliphatic carbocycles. The van der Waals surface area contributed by atoms with Gasteiger partial charge in [0.05, 0.1) is 12.5 Å². The van der Waals surface area contributed by atoms with Crippen molar-refractivity contribution in [2.75, 3.05) is 18.1 Å². The minimum atomic E-state index is -4.34. The Bertz CT molecular complexity index is 366. The topological polar surface area (TPSA) is 93.1 Å². The third-order valence-electron chi connectivity index (χ3n) is 3.55. The molecule has 1 rings (SSSR count). The van der Waals surface area contributed by atoms with Crippen molar-refractivity contribution in [3.63, 3.8) is 0 Å². The molecule has 0 saturated heterocycles. The lowest BCUT2D eigenvalue weighted by atomic mass is 9.98. The Morgan fingerprint density at radius 1 is 1.27 bits per heavy atom. The molecule has 0 spiro atoms. The van der Waals surface area contributed by atoms with Crippen molar-refractivity contribution < 1.29 is 28.4 Å². The van der Waals surface area contributed by atoms with Crippen LogP contribution in [0.5, 0.6) is 0 Å². The van der Waals surface area contributed by atoms with Crippen LogP contribution in [0.1, 0.15) is 51.9 Å². The van der Waals surface area contributed by atoms with Gasteiger partial charge < -0.3 is 14.5 Å². The number of hydrogen-bond donors (Lipinski definition) is 2. The molecule has 6 nitrogen and oxygen atoms in total. The van der Waals surface area contributed by atoms with E-state index in [1.165, 1.54) is 6.42 Å². The van der Waals surface area contributed by atoms with Crippen molar-refractivity contribution in [1.82, 2.24) is 0 Å². The predicted molar refractivity (Wildman–Crippen MR) is 86.7 cm³/mol. The van der Waals surface area contributed by atoms with E-state index in [1.807, 2.05) is 6.92 Å². The van der Waals surface area contributed by atoms with Crippen LogP contribution in [0.2, 0.25) is 0 Å². The van der Waals surface area contributed by atoms with Gasteiger partial charge in [-0.25, -0.2) is 4.57 Å². The quantitative estimate of drug-likeness (QED) is 0.354. The van der Waals surface area contributed by atoms with Gasteiger partial charge in [0.25, 0.3) is 0 Å². The van der Waals surface area contributed by atoms with Gasteiger partial charge in [0, 0.05) is 5.75 Å². The van der Waals surface area contributed by atoms with E-state index in [-0.39, 0.29) is 24.6 Å². The molecule has 0 aromatic carbocycles. The summed E-state index contributed by atoms with van der Waals surface area (Å²) in [5.74, 6) is 1.33. The van der Waals surface area contributed by atoms with Crippen LogP contribution < -0.4 is 0 Å². The van der Waals surface area contributed by atoms with Gasteiger partial charge in [0.15, 0.2) is 0 Å². The van der Waals surface area contributed by atoms with Gasteiger partial charge in [0.1, 0.15) is 6.10 Å². The highest BCUT2D eigenvalue weighted by Crippen LogP contribution is 2.35. The highest BCUT2D eigenvalue weighted by atomic mass is 32.2. The molecule has 130 valence electrons. The molecule has 1 saturated carbocycles. The van der Waals surface area contributed by atoms with Crippen molar-refractivity contribution >= 4 is 25.6 Å². The van der Waals surface area contributed by atoms with E-state index in [4.69, 9.17) is 14.5 Å². The first-order valence-corrected chi connectivity index (χ1v) is 10.6. The first-order valence-electron chi connectivity index (χ1n) is 7.87. The van der Waals surface area contributed by atoms with Gasteiger partial charge in [-0.05, 0) is 44.3 Å². The van der Waals surface area contributed by atoms with Gasteiger partial charge >= 0.3 is 13.8 Å². The third kappa shape index (κ3) is 9.85. The van der Waals surface area contributed by atoms with Crippen molar-refractivity contribution in [3.05, 3.63) is 0 Å². The number of thioether (sulfide) groups is 1. The molecule has 0 aliphatic heterocycles. The minimum absolute atomic E-state index is 0.0596. The zero-order valence-electron chi connectivity index (χ0n) is 13.1. The molecule has 1 unspecified atom stereocenters. The van der Waals surface area contributed by atoms with Crippen LogP contribution in [0.4, 0.5) is 0 Å². The summed E-state index contributed by atoms with van der Waals surface area (Å²) in [6, 6.07) is 0. The Balaban J connectivity index is 2.01. The molecule has 1 aliphatic rings. The summed E-state index contributed by atoms with van der Waals surface area (Å²) in [5.41, 5.74) is 0. The first kappa shape index (κ1) is 20.0. The van der Waals surface area contributed by atoms with E-state index in [1.54, 1.807) is 11.8 Å². The van der Waals surface area contributed by atoms with Crippen molar-refractivity contribution in [1.29, 1.82) is 0 Å². The molecule has 1 atom stereocenters. The second-order valence-electron chi connectivity index (χ2n) is 5.70. The summed E-state index contributed by atoms with van der Waals surface area (Å²) in [4.78, 5) is 29.0. The Morgan fingerprint density at radius 3 is 2.59 bits per heavy atom. The number of hydrogen-bond acceptors (Lipinski definition) is 5. The summed E-state index contributed by atoms with van der Waals surface area (Å²) in [5, 5.41) is 0. The molecule has 0 aromatic rings. The summed E-state index contributed by atoms with van der Waals surface area (Å²) in [7, 11) is -4.34. The van der Waals surface area contributed by atoms with Gasteiger partial charge in [0.2, 0.25) is 0 Å². The van der Waals surface area contributed by atoms with E-state index in [0.29, 0.717) is 12.2 Å². The minimum Gasteiger partial charge on any atom is -0.462 e. The van der Waals surface area contributed by atoms with Crippen LogP contribution in [-0.4, -0.2) is 40.0 Å². The predicted octanol–water partition coefficient (Wildman–Crippen LogP) is 3.12. The summed E-state index contributed by atoms with van der Waals surface area (Å²) >= 11 is 1.66. The third-order valence-corrected chi connectivity index (χ3v) is 5.38. The summed E-state index contributed by atoms with van der Waals surface area (Å²) in [6.45, 7) is 1.94. The lowest BCUT2D eigenvalue weighted by Gasteiger charge is -2.23. The Hall–Kier alpha value is -0.0700. The lowest BCUT2D eigenvalue weighted by Crippen LogP contribution is -2.25. The molecule has 0 radical (unpaired) electrons. The van der Waals surface area contributed by atoms with Crippen LogP contribution in [0.25, 0.3) is 0 Å². The van der Waals surface area contributed by atoms with Crippen LogP contribution in [0.3, 0.4) is 0 Å². The van der Waals surface area contributed by atoms with E-state index >= 15 is 0 Å². The zero-order chi connectivity index (χ0) is 16.4. The van der Waals surface area contributed by atoms with Crippen LogP contribution in [-0.2, 0) is 18.6 Å². The smallest absolute Gasteiger partial charge is 0.462 e. The van der Waals surface area contributed by atoms with Crippen molar-refractivity contribution in [2.24, 2.45) is 5.92 Å². The van der Waals surface area contributed by atoms with Gasteiger partial charge in [-0.15, -0.1) is 0 Å². The van der Waals surface area contributed by atoms with Crippen LogP contribution in [0, 0.1) is 5.92 Å². The Labute approximate surface area is 136 Å². The largest absolute Gasteiger partial charge is 0.469 e. The standard InChI is InChI=1S/C14H27O6PS/c1-12(14(15)20-13-7-3-2-4-8-13)11-22-10-6-5-9-19-21(16,17)18/h12-13H,2-11H2,1H3,(H2,16,17,18). The normalized spacial score (nSPS) is 18.1. The number of esters is 1. The van der Waals surface area contributed by atoms with Gasteiger partial charge in [-0.3, -0.25) is 9.32 Å². The van der Waals surface area contributed by atoms with Gasteiger partial charge in [-0.1, -0.05) is 13.3 Å². The number of phosphoric ester groups is 1. The number of carbonyl (C=O) groups excluding carboxylic acids is 1. The van der Waals surface area contributed by atoms with Crippen molar-refractivity contribution in [3.8, 4) is 0 Å². The second kappa shape index (κ2) is 10.7. The molecule has 0 amide bonds. The maximum absolute atomic E-state index is 11.9. The van der Waals surface area contributed by atoms with Crippen molar-refractivity contribution in [2.45, 2.75) is 58.0 Å². The van der Waals surface area contributed by atoms with E-state index < -0.39 is 7.82 Å². The zero-order valence-corrected chi connectivity index (χ0v) is 14.8. The second-order valence-corrected chi connectivity index (χ2v) is 8.09. The molecular formula is C14H27O6PS. The average Bonchev–Trinajstić information content (AvgIpc) is 2.46. The van der Waals surface area contributed by atoms with E-state index in [0.717, 1.165) is 37.9 Å². The monoisotopic (exact) mass is 354 g/mol. The molecule has 22 heavy (non-hydrogen) atoms. The molecule has 0 bridgehead atoms. The Kier molecular flexibility index (Phi) is 9.68. The van der Waals surface area contributed by atoms with Crippen LogP contribution >= 0.6 is 19.6 Å². The summed E-state index contributed by atoms with van der Waals surface area (Å²) in [6.07, 6.45) is 7.03. The number of unbranched alkanes of at least 4 members (excludes halogenated alkanes) is 1. The molecule has 2 N–H and O–H groups in total. The van der Waals surface area contributed by atoms with Gasteiger partial charge in [-0.2, -0.15) is 11.8 Å². The van der Waals surface area contributed by atoms with Crippen LogP contribution in [0.15, 0.2) is 0 Å². The fourth-order valence-corrected chi connectivity index (χ4v) is 3.71. The number of ether oxygens (including phenoxy) is 1. The molecular weight excluding hydrogens is 327 g/mol. The average molecular weight is 354 g/mol. The Morgan fingerprint density at radius 2 is 1.95 bits per heavy atom. The van der Waals surface area contributed by atoms with E-state index in [2.05, 4.69) is 4.52 Å². The fraction of sp³-hybridized carbons (Fsp3) is 0.929. The lowest BCUT2D eigenvalue weighted by molar-refractivity contribution is -0.154. The number of rotatable bonds is 10. The fourth-order valence-electron chi connectivity index (χ4n) is 2.28. The highest BCUT2D eigenvalue weighted by molar-refractivity contribution is 7.99. The molecule has 0 aromatic heterocycles. The maximum Gasteiger partial charge on any atom is 0.469 e. The number of carbonyl (C=O) groups is 1. The molecule has 1 fully saturated rings. The first-order chi connectivity index (χ1) is 10.4. The highest BCUT2D eigenvalue weighted by Gasteiger charge is 2.21. The molecule has 8 heteroatoms. The SMILES string of the molecule is CC(CSCCCCOP(=O)(O)O)C(=O)OC1CCCCC1. The maximum atomic E-state index is 11.9. The molecule has 0 heterocycles.